The highest BCUT2D eigenvalue weighted by atomic mass is 16.5. The van der Waals surface area contributed by atoms with Crippen LogP contribution in [0.15, 0.2) is 24.3 Å². The van der Waals surface area contributed by atoms with Crippen molar-refractivity contribution in [3.05, 3.63) is 24.3 Å². The Kier molecular flexibility index (Phi) is 4.64. The molecule has 0 aliphatic carbocycles. The molecule has 0 unspecified atom stereocenters. The van der Waals surface area contributed by atoms with E-state index in [1.54, 1.807) is 7.11 Å². The highest BCUT2D eigenvalue weighted by Crippen LogP contribution is 2.27. The third-order valence-electron chi connectivity index (χ3n) is 2.87. The molecule has 1 N–H and O–H groups in total. The lowest BCUT2D eigenvalue weighted by Gasteiger charge is -2.30. The number of piperazine rings is 1. The molecule has 1 saturated heterocycles. The number of hydrogen-bond acceptors (Lipinski definition) is 4. The van der Waals surface area contributed by atoms with Gasteiger partial charge in [-0.15, -0.1) is 0 Å². The maximum Gasteiger partial charge on any atom is 0.142 e. The van der Waals surface area contributed by atoms with Crippen LogP contribution in [0, 0.1) is 0 Å². The fraction of sp³-hybridized carbons (Fsp3) is 0.538. The maximum absolute atomic E-state index is 5.74. The summed E-state index contributed by atoms with van der Waals surface area (Å²) in [5.41, 5.74) is 1.19. The van der Waals surface area contributed by atoms with Gasteiger partial charge in [-0.3, -0.25) is 0 Å². The van der Waals surface area contributed by atoms with Gasteiger partial charge >= 0.3 is 0 Å². The van der Waals surface area contributed by atoms with Crippen LogP contribution in [-0.2, 0) is 4.74 Å². The van der Waals surface area contributed by atoms with E-state index in [1.807, 2.05) is 12.1 Å². The van der Waals surface area contributed by atoms with Crippen molar-refractivity contribution in [2.24, 2.45) is 0 Å². The first-order valence-electron chi connectivity index (χ1n) is 6.08. The lowest BCUT2D eigenvalue weighted by Crippen LogP contribution is -2.43. The van der Waals surface area contributed by atoms with Crippen molar-refractivity contribution in [1.82, 2.24) is 5.32 Å². The summed E-state index contributed by atoms with van der Waals surface area (Å²) in [6.07, 6.45) is 0. The standard InChI is InChI=1S/C13H20N2O2/c1-16-10-11-17-13-5-3-2-4-12(13)15-8-6-14-7-9-15/h2-5,14H,6-11H2,1H3. The SMILES string of the molecule is COCCOc1ccccc1N1CCNCC1. The normalized spacial score (nSPS) is 15.9. The summed E-state index contributed by atoms with van der Waals surface area (Å²) in [6, 6.07) is 8.20. The lowest BCUT2D eigenvalue weighted by atomic mass is 10.2. The Hall–Kier alpha value is -1.26. The molecular weight excluding hydrogens is 216 g/mol. The fourth-order valence-corrected chi connectivity index (χ4v) is 1.98. The van der Waals surface area contributed by atoms with E-state index in [1.165, 1.54) is 5.69 Å². The zero-order chi connectivity index (χ0) is 11.9. The van der Waals surface area contributed by atoms with Crippen LogP contribution in [0.25, 0.3) is 0 Å². The Morgan fingerprint density at radius 2 is 1.94 bits per heavy atom. The fourth-order valence-electron chi connectivity index (χ4n) is 1.98. The summed E-state index contributed by atoms with van der Waals surface area (Å²) in [5.74, 6) is 0.950. The molecule has 94 valence electrons. The maximum atomic E-state index is 5.74. The van der Waals surface area contributed by atoms with E-state index in [4.69, 9.17) is 9.47 Å². The number of hydrogen-bond donors (Lipinski definition) is 1. The van der Waals surface area contributed by atoms with Crippen molar-refractivity contribution in [2.75, 3.05) is 51.4 Å². The summed E-state index contributed by atoms with van der Waals surface area (Å²) in [7, 11) is 1.69. The molecule has 1 aliphatic rings. The van der Waals surface area contributed by atoms with E-state index in [0.29, 0.717) is 13.2 Å². The van der Waals surface area contributed by atoms with Crippen LogP contribution in [0.5, 0.6) is 5.75 Å². The first-order valence-corrected chi connectivity index (χ1v) is 6.08. The largest absolute Gasteiger partial charge is 0.489 e. The molecular formula is C13H20N2O2. The first-order chi connectivity index (χ1) is 8.42. The summed E-state index contributed by atoms with van der Waals surface area (Å²) in [4.78, 5) is 2.36. The molecule has 4 heteroatoms. The van der Waals surface area contributed by atoms with Gasteiger partial charge in [0.1, 0.15) is 12.4 Å². The number of rotatable bonds is 5. The van der Waals surface area contributed by atoms with Gasteiger partial charge < -0.3 is 19.7 Å². The third kappa shape index (κ3) is 3.35. The summed E-state index contributed by atoms with van der Waals surface area (Å²) < 4.78 is 10.7. The number of anilines is 1. The van der Waals surface area contributed by atoms with Crippen LogP contribution in [-0.4, -0.2) is 46.5 Å². The van der Waals surface area contributed by atoms with Crippen molar-refractivity contribution in [2.45, 2.75) is 0 Å². The van der Waals surface area contributed by atoms with Gasteiger partial charge in [-0.2, -0.15) is 0 Å². The Morgan fingerprint density at radius 3 is 2.71 bits per heavy atom. The predicted octanol–water partition coefficient (Wildman–Crippen LogP) is 1.12. The van der Waals surface area contributed by atoms with Crippen molar-refractivity contribution in [3.63, 3.8) is 0 Å². The molecule has 1 aromatic rings. The molecule has 0 saturated carbocycles. The van der Waals surface area contributed by atoms with E-state index in [0.717, 1.165) is 31.9 Å². The number of methoxy groups -OCH3 is 1. The molecule has 0 spiro atoms. The molecule has 1 aromatic carbocycles. The Labute approximate surface area is 103 Å². The Morgan fingerprint density at radius 1 is 1.18 bits per heavy atom. The number of nitrogens with zero attached hydrogens (tertiary/aromatic N) is 1. The second-order valence-electron chi connectivity index (χ2n) is 4.05. The third-order valence-corrected chi connectivity index (χ3v) is 2.87. The summed E-state index contributed by atoms with van der Waals surface area (Å²) in [5, 5.41) is 3.35. The van der Waals surface area contributed by atoms with Crippen LogP contribution in [0.4, 0.5) is 5.69 Å². The van der Waals surface area contributed by atoms with Crippen molar-refractivity contribution < 1.29 is 9.47 Å². The molecule has 0 bridgehead atoms. The van der Waals surface area contributed by atoms with Crippen molar-refractivity contribution in [3.8, 4) is 5.75 Å². The molecule has 0 atom stereocenters. The van der Waals surface area contributed by atoms with Crippen LogP contribution < -0.4 is 15.0 Å². The molecule has 1 aliphatic heterocycles. The van der Waals surface area contributed by atoms with Crippen molar-refractivity contribution in [1.29, 1.82) is 0 Å². The average Bonchev–Trinajstić information content (AvgIpc) is 2.41. The van der Waals surface area contributed by atoms with Gasteiger partial charge in [0.2, 0.25) is 0 Å². The van der Waals surface area contributed by atoms with Gasteiger partial charge in [0, 0.05) is 33.3 Å². The van der Waals surface area contributed by atoms with Gasteiger partial charge in [-0.05, 0) is 12.1 Å². The Balaban J connectivity index is 2.03. The summed E-state index contributed by atoms with van der Waals surface area (Å²) >= 11 is 0. The topological polar surface area (TPSA) is 33.7 Å². The first kappa shape index (κ1) is 12.2. The van der Waals surface area contributed by atoms with Gasteiger partial charge in [-0.1, -0.05) is 12.1 Å². The van der Waals surface area contributed by atoms with Crippen LogP contribution >= 0.6 is 0 Å². The second kappa shape index (κ2) is 6.47. The molecule has 2 rings (SSSR count). The molecule has 4 nitrogen and oxygen atoms in total. The molecule has 0 aromatic heterocycles. The molecule has 0 radical (unpaired) electrons. The van der Waals surface area contributed by atoms with Gasteiger partial charge in [0.05, 0.1) is 12.3 Å². The van der Waals surface area contributed by atoms with Crippen molar-refractivity contribution >= 4 is 5.69 Å². The predicted molar refractivity (Wildman–Crippen MR) is 68.9 cm³/mol. The molecule has 1 heterocycles. The van der Waals surface area contributed by atoms with Gasteiger partial charge in [0.15, 0.2) is 0 Å². The average molecular weight is 236 g/mol. The van der Waals surface area contributed by atoms with E-state index < -0.39 is 0 Å². The van der Waals surface area contributed by atoms with E-state index in [2.05, 4.69) is 22.3 Å². The van der Waals surface area contributed by atoms with E-state index >= 15 is 0 Å². The Bertz CT molecular complexity index is 338. The van der Waals surface area contributed by atoms with Crippen LogP contribution in [0.2, 0.25) is 0 Å². The number of benzene rings is 1. The van der Waals surface area contributed by atoms with E-state index in [-0.39, 0.29) is 0 Å². The lowest BCUT2D eigenvalue weighted by molar-refractivity contribution is 0.146. The number of ether oxygens (including phenoxy) is 2. The van der Waals surface area contributed by atoms with E-state index in [9.17, 15) is 0 Å². The minimum Gasteiger partial charge on any atom is -0.489 e. The smallest absolute Gasteiger partial charge is 0.142 e. The molecule has 1 fully saturated rings. The zero-order valence-corrected chi connectivity index (χ0v) is 10.3. The number of para-hydroxylation sites is 2. The quantitative estimate of drug-likeness (QED) is 0.777. The zero-order valence-electron chi connectivity index (χ0n) is 10.3. The summed E-state index contributed by atoms with van der Waals surface area (Å²) in [6.45, 7) is 5.35. The van der Waals surface area contributed by atoms with Gasteiger partial charge in [-0.25, -0.2) is 0 Å². The number of nitrogens with one attached hydrogen (secondary N) is 1. The molecule has 0 amide bonds. The van der Waals surface area contributed by atoms with Gasteiger partial charge in [0.25, 0.3) is 0 Å². The highest BCUT2D eigenvalue weighted by molar-refractivity contribution is 5.58. The minimum atomic E-state index is 0.597. The highest BCUT2D eigenvalue weighted by Gasteiger charge is 2.14. The minimum absolute atomic E-state index is 0.597. The molecule has 17 heavy (non-hydrogen) atoms. The second-order valence-corrected chi connectivity index (χ2v) is 4.05. The van der Waals surface area contributed by atoms with Crippen LogP contribution in [0.1, 0.15) is 0 Å². The monoisotopic (exact) mass is 236 g/mol. The van der Waals surface area contributed by atoms with Crippen LogP contribution in [0.3, 0.4) is 0 Å².